The minimum Gasteiger partial charge on any atom is -0.370 e. The fourth-order valence-electron chi connectivity index (χ4n) is 1.43. The maximum absolute atomic E-state index is 11.8. The number of nitrogens with two attached hydrogens (primary N) is 1. The van der Waals surface area contributed by atoms with Crippen LogP contribution in [0.1, 0.15) is 13.3 Å². The molecule has 0 aliphatic rings. The number of rotatable bonds is 6. The van der Waals surface area contributed by atoms with Crippen LogP contribution in [0.5, 0.6) is 0 Å². The number of carbonyl (C=O) groups excluding carboxylic acids is 1. The summed E-state index contributed by atoms with van der Waals surface area (Å²) in [6.07, 6.45) is 1.45. The maximum atomic E-state index is 11.8. The van der Waals surface area contributed by atoms with Crippen LogP contribution in [0.3, 0.4) is 0 Å². The monoisotopic (exact) mass is 286 g/mol. The van der Waals surface area contributed by atoms with E-state index in [9.17, 15) is 13.2 Å². The number of amides is 1. The van der Waals surface area contributed by atoms with Gasteiger partial charge >= 0.3 is 0 Å². The van der Waals surface area contributed by atoms with Crippen molar-refractivity contribution in [2.75, 3.05) is 19.4 Å². The Balaban J connectivity index is 2.80. The third-order valence-electron chi connectivity index (χ3n) is 2.42. The molecular formula is C11H18N4O3S. The molecule has 1 rings (SSSR count). The quantitative estimate of drug-likeness (QED) is 0.766. The van der Waals surface area contributed by atoms with E-state index in [-0.39, 0.29) is 17.4 Å². The third kappa shape index (κ3) is 4.18. The average Bonchev–Trinajstić information content (AvgIpc) is 2.28. The molecule has 0 aliphatic heterocycles. The number of primary amides is 1. The summed E-state index contributed by atoms with van der Waals surface area (Å²) < 4.78 is 24.7. The summed E-state index contributed by atoms with van der Waals surface area (Å²) in [4.78, 5) is 14.9. The molecule has 0 bridgehead atoms. The predicted octanol–water partition coefficient (Wildman–Crippen LogP) is 0.00770. The summed E-state index contributed by atoms with van der Waals surface area (Å²) in [5.74, 6) is 0.0817. The van der Waals surface area contributed by atoms with E-state index in [1.807, 2.05) is 0 Å². The fraction of sp³-hybridized carbons (Fsp3) is 0.455. The lowest BCUT2D eigenvalue weighted by atomic mass is 10.2. The van der Waals surface area contributed by atoms with Crippen LogP contribution in [-0.2, 0) is 14.8 Å². The number of nitrogens with zero attached hydrogens (tertiary/aromatic N) is 2. The molecule has 1 unspecified atom stereocenters. The van der Waals surface area contributed by atoms with Gasteiger partial charge in [0.1, 0.15) is 10.7 Å². The lowest BCUT2D eigenvalue weighted by molar-refractivity contribution is -0.118. The summed E-state index contributed by atoms with van der Waals surface area (Å²) in [6, 6.07) is 2.84. The minimum absolute atomic E-state index is 0.116. The van der Waals surface area contributed by atoms with E-state index in [1.54, 1.807) is 13.0 Å². The molecule has 106 valence electrons. The van der Waals surface area contributed by atoms with Gasteiger partial charge in [-0.1, -0.05) is 0 Å². The van der Waals surface area contributed by atoms with Crippen molar-refractivity contribution in [2.24, 2.45) is 5.73 Å². The van der Waals surface area contributed by atoms with Crippen molar-refractivity contribution in [1.29, 1.82) is 0 Å². The number of hydrogen-bond donors (Lipinski definition) is 2. The molecule has 0 fully saturated rings. The highest BCUT2D eigenvalue weighted by Gasteiger charge is 2.17. The van der Waals surface area contributed by atoms with E-state index in [0.717, 1.165) is 4.31 Å². The van der Waals surface area contributed by atoms with Gasteiger partial charge in [-0.15, -0.1) is 0 Å². The van der Waals surface area contributed by atoms with E-state index in [2.05, 4.69) is 10.3 Å². The normalized spacial score (nSPS) is 13.3. The first-order valence-corrected chi connectivity index (χ1v) is 7.11. The van der Waals surface area contributed by atoms with E-state index in [0.29, 0.717) is 5.82 Å². The maximum Gasteiger partial charge on any atom is 0.244 e. The highest BCUT2D eigenvalue weighted by molar-refractivity contribution is 7.89. The molecule has 7 nitrogen and oxygen atoms in total. The summed E-state index contributed by atoms with van der Waals surface area (Å²) in [5.41, 5.74) is 5.08. The summed E-state index contributed by atoms with van der Waals surface area (Å²) in [5, 5.41) is 2.96. The van der Waals surface area contributed by atoms with Crippen molar-refractivity contribution in [3.05, 3.63) is 18.3 Å². The largest absolute Gasteiger partial charge is 0.370 e. The highest BCUT2D eigenvalue weighted by Crippen LogP contribution is 2.14. The minimum atomic E-state index is -3.47. The Morgan fingerprint density at radius 2 is 2.11 bits per heavy atom. The molecule has 0 saturated heterocycles. The molecule has 1 heterocycles. The van der Waals surface area contributed by atoms with Crippen molar-refractivity contribution in [3.8, 4) is 0 Å². The van der Waals surface area contributed by atoms with Crippen molar-refractivity contribution in [3.63, 3.8) is 0 Å². The van der Waals surface area contributed by atoms with Crippen LogP contribution < -0.4 is 11.1 Å². The van der Waals surface area contributed by atoms with Gasteiger partial charge in [0.25, 0.3) is 0 Å². The molecule has 1 atom stereocenters. The first-order chi connectivity index (χ1) is 8.73. The van der Waals surface area contributed by atoms with Crippen LogP contribution in [0.4, 0.5) is 5.82 Å². The SMILES string of the molecule is CC(CC(N)=O)Nc1ccc(S(=O)(=O)N(C)C)cn1. The van der Waals surface area contributed by atoms with Crippen molar-refractivity contribution in [1.82, 2.24) is 9.29 Å². The lowest BCUT2D eigenvalue weighted by Crippen LogP contribution is -2.25. The molecule has 1 amide bonds. The second-order valence-corrected chi connectivity index (χ2v) is 6.53. The number of hydrogen-bond acceptors (Lipinski definition) is 5. The smallest absolute Gasteiger partial charge is 0.244 e. The predicted molar refractivity (Wildman–Crippen MR) is 72.0 cm³/mol. The Morgan fingerprint density at radius 1 is 1.47 bits per heavy atom. The van der Waals surface area contributed by atoms with Gasteiger partial charge in [0.15, 0.2) is 0 Å². The second-order valence-electron chi connectivity index (χ2n) is 4.38. The van der Waals surface area contributed by atoms with E-state index in [1.165, 1.54) is 26.4 Å². The van der Waals surface area contributed by atoms with Gasteiger partial charge in [-0.3, -0.25) is 4.79 Å². The van der Waals surface area contributed by atoms with E-state index >= 15 is 0 Å². The molecular weight excluding hydrogens is 268 g/mol. The van der Waals surface area contributed by atoms with Gasteiger partial charge in [-0.05, 0) is 19.1 Å². The fourth-order valence-corrected chi connectivity index (χ4v) is 2.28. The van der Waals surface area contributed by atoms with Gasteiger partial charge in [-0.25, -0.2) is 17.7 Å². The zero-order valence-corrected chi connectivity index (χ0v) is 11.9. The number of aromatic nitrogens is 1. The zero-order chi connectivity index (χ0) is 14.6. The first kappa shape index (κ1) is 15.4. The van der Waals surface area contributed by atoms with Gasteiger partial charge in [0.2, 0.25) is 15.9 Å². The zero-order valence-electron chi connectivity index (χ0n) is 11.1. The Hall–Kier alpha value is -1.67. The number of nitrogens with one attached hydrogen (secondary N) is 1. The number of anilines is 1. The molecule has 0 aromatic carbocycles. The van der Waals surface area contributed by atoms with Crippen molar-refractivity contribution < 1.29 is 13.2 Å². The molecule has 0 radical (unpaired) electrons. The van der Waals surface area contributed by atoms with Crippen LogP contribution in [0.25, 0.3) is 0 Å². The Labute approximate surface area is 112 Å². The number of pyridine rings is 1. The summed E-state index contributed by atoms with van der Waals surface area (Å²) in [7, 11) is -0.563. The van der Waals surface area contributed by atoms with Gasteiger partial charge < -0.3 is 11.1 Å². The first-order valence-electron chi connectivity index (χ1n) is 5.67. The summed E-state index contributed by atoms with van der Waals surface area (Å²) in [6.45, 7) is 1.79. The molecule has 0 spiro atoms. The van der Waals surface area contributed by atoms with Crippen LogP contribution in [0.15, 0.2) is 23.2 Å². The van der Waals surface area contributed by atoms with Crippen molar-refractivity contribution >= 4 is 21.7 Å². The summed E-state index contributed by atoms with van der Waals surface area (Å²) >= 11 is 0. The van der Waals surface area contributed by atoms with Gasteiger partial charge in [-0.2, -0.15) is 0 Å². The number of sulfonamides is 1. The van der Waals surface area contributed by atoms with Gasteiger partial charge in [0.05, 0.1) is 0 Å². The van der Waals surface area contributed by atoms with E-state index < -0.39 is 15.9 Å². The molecule has 1 aromatic rings. The highest BCUT2D eigenvalue weighted by atomic mass is 32.2. The van der Waals surface area contributed by atoms with Crippen LogP contribution in [0.2, 0.25) is 0 Å². The third-order valence-corrected chi connectivity index (χ3v) is 4.22. The lowest BCUT2D eigenvalue weighted by Gasteiger charge is -2.14. The molecule has 19 heavy (non-hydrogen) atoms. The van der Waals surface area contributed by atoms with E-state index in [4.69, 9.17) is 5.73 Å². The van der Waals surface area contributed by atoms with Crippen LogP contribution in [0, 0.1) is 0 Å². The molecule has 0 saturated carbocycles. The second kappa shape index (κ2) is 5.98. The van der Waals surface area contributed by atoms with Crippen LogP contribution in [-0.4, -0.2) is 43.8 Å². The molecule has 3 N–H and O–H groups in total. The molecule has 0 aliphatic carbocycles. The standard InChI is InChI=1S/C11H18N4O3S/c1-8(6-10(12)16)14-11-5-4-9(7-13-11)19(17,18)15(2)3/h4-5,7-8H,6H2,1-3H3,(H2,12,16)(H,13,14). The molecule has 1 aromatic heterocycles. The van der Waals surface area contributed by atoms with Gasteiger partial charge in [0, 0.05) is 32.8 Å². The molecule has 8 heteroatoms. The average molecular weight is 286 g/mol. The topological polar surface area (TPSA) is 105 Å². The Kier molecular flexibility index (Phi) is 4.84. The Morgan fingerprint density at radius 3 is 2.53 bits per heavy atom. The number of carbonyl (C=O) groups is 1. The Bertz CT molecular complexity index is 540. The van der Waals surface area contributed by atoms with Crippen molar-refractivity contribution in [2.45, 2.75) is 24.3 Å². The van der Waals surface area contributed by atoms with Crippen LogP contribution >= 0.6 is 0 Å².